The first-order valence-corrected chi connectivity index (χ1v) is 8.71. The molecule has 2 N–H and O–H groups in total. The van der Waals surface area contributed by atoms with E-state index >= 15 is 0 Å². The summed E-state index contributed by atoms with van der Waals surface area (Å²) in [5.74, 6) is 0.194. The first-order valence-electron chi connectivity index (χ1n) is 7.63. The monoisotopic (exact) mass is 402 g/mol. The SMILES string of the molecule is CCCCN(CC1CCCN1)C(=O)c1ccc(I)c(O)c1. The fourth-order valence-electron chi connectivity index (χ4n) is 2.63. The van der Waals surface area contributed by atoms with Crippen LogP contribution in [0.25, 0.3) is 0 Å². The van der Waals surface area contributed by atoms with Gasteiger partial charge in [-0.25, -0.2) is 0 Å². The maximum absolute atomic E-state index is 12.7. The Balaban J connectivity index is 2.09. The van der Waals surface area contributed by atoms with E-state index in [0.29, 0.717) is 11.6 Å². The van der Waals surface area contributed by atoms with Crippen molar-refractivity contribution in [2.75, 3.05) is 19.6 Å². The molecule has 0 radical (unpaired) electrons. The fourth-order valence-corrected chi connectivity index (χ4v) is 2.97. The average Bonchev–Trinajstić information content (AvgIpc) is 2.98. The normalized spacial score (nSPS) is 17.9. The van der Waals surface area contributed by atoms with Gasteiger partial charge in [0.25, 0.3) is 5.91 Å². The fraction of sp³-hybridized carbons (Fsp3) is 0.562. The third-order valence-corrected chi connectivity index (χ3v) is 4.78. The topological polar surface area (TPSA) is 52.6 Å². The van der Waals surface area contributed by atoms with E-state index in [-0.39, 0.29) is 11.7 Å². The second-order valence-electron chi connectivity index (χ2n) is 5.56. The molecule has 2 rings (SSSR count). The number of rotatable bonds is 6. The van der Waals surface area contributed by atoms with Crippen molar-refractivity contribution < 1.29 is 9.90 Å². The number of phenols is 1. The molecule has 0 saturated carbocycles. The third-order valence-electron chi connectivity index (χ3n) is 3.87. The summed E-state index contributed by atoms with van der Waals surface area (Å²) in [7, 11) is 0. The van der Waals surface area contributed by atoms with Crippen LogP contribution in [0.2, 0.25) is 0 Å². The molecule has 0 aromatic heterocycles. The lowest BCUT2D eigenvalue weighted by molar-refractivity contribution is 0.0739. The lowest BCUT2D eigenvalue weighted by Crippen LogP contribution is -2.41. The van der Waals surface area contributed by atoms with E-state index in [0.717, 1.165) is 42.5 Å². The van der Waals surface area contributed by atoms with Crippen LogP contribution in [0.15, 0.2) is 18.2 Å². The van der Waals surface area contributed by atoms with Crippen molar-refractivity contribution in [3.05, 3.63) is 27.3 Å². The Kier molecular flexibility index (Phi) is 6.29. The number of amides is 1. The first-order chi connectivity index (χ1) is 10.1. The van der Waals surface area contributed by atoms with Gasteiger partial charge in [0.1, 0.15) is 5.75 Å². The minimum Gasteiger partial charge on any atom is -0.507 e. The standard InChI is InChI=1S/C16H23IN2O2/c1-2-3-9-19(11-13-5-4-8-18-13)16(21)12-6-7-14(17)15(20)10-12/h6-7,10,13,18,20H,2-5,8-9,11H2,1H3. The molecule has 4 nitrogen and oxygen atoms in total. The Hall–Kier alpha value is -0.820. The minimum atomic E-state index is 0.0175. The van der Waals surface area contributed by atoms with Crippen LogP contribution in [0.3, 0.4) is 0 Å². The summed E-state index contributed by atoms with van der Waals surface area (Å²) in [6.07, 6.45) is 4.40. The van der Waals surface area contributed by atoms with Gasteiger partial charge in [0.05, 0.1) is 3.57 Å². The number of nitrogens with zero attached hydrogens (tertiary/aromatic N) is 1. The molecule has 1 heterocycles. The lowest BCUT2D eigenvalue weighted by atomic mass is 10.1. The van der Waals surface area contributed by atoms with Crippen LogP contribution in [-0.2, 0) is 0 Å². The Labute approximate surface area is 140 Å². The lowest BCUT2D eigenvalue weighted by Gasteiger charge is -2.26. The molecule has 21 heavy (non-hydrogen) atoms. The molecule has 5 heteroatoms. The van der Waals surface area contributed by atoms with Gasteiger partial charge in [-0.15, -0.1) is 0 Å². The zero-order valence-electron chi connectivity index (χ0n) is 12.4. The highest BCUT2D eigenvalue weighted by molar-refractivity contribution is 14.1. The number of nitrogens with one attached hydrogen (secondary N) is 1. The van der Waals surface area contributed by atoms with Crippen LogP contribution in [0.1, 0.15) is 43.0 Å². The summed E-state index contributed by atoms with van der Waals surface area (Å²) >= 11 is 2.06. The Morgan fingerprint density at radius 3 is 2.95 bits per heavy atom. The van der Waals surface area contributed by atoms with Gasteiger partial charge in [-0.2, -0.15) is 0 Å². The zero-order chi connectivity index (χ0) is 15.2. The van der Waals surface area contributed by atoms with Gasteiger partial charge in [-0.1, -0.05) is 13.3 Å². The van der Waals surface area contributed by atoms with Crippen LogP contribution in [0, 0.1) is 3.57 Å². The second kappa shape index (κ2) is 7.98. The summed E-state index contributed by atoms with van der Waals surface area (Å²) < 4.78 is 0.765. The van der Waals surface area contributed by atoms with E-state index in [4.69, 9.17) is 0 Å². The molecule has 1 aromatic carbocycles. The van der Waals surface area contributed by atoms with Crippen molar-refractivity contribution in [1.82, 2.24) is 10.2 Å². The molecule has 1 aliphatic rings. The molecule has 1 unspecified atom stereocenters. The van der Waals surface area contributed by atoms with Gasteiger partial charge >= 0.3 is 0 Å². The molecule has 1 aliphatic heterocycles. The number of hydrogen-bond acceptors (Lipinski definition) is 3. The van der Waals surface area contributed by atoms with Crippen LogP contribution in [0.4, 0.5) is 0 Å². The number of phenolic OH excluding ortho intramolecular Hbond substituents is 1. The highest BCUT2D eigenvalue weighted by Gasteiger charge is 2.22. The summed E-state index contributed by atoms with van der Waals surface area (Å²) in [6, 6.07) is 5.56. The van der Waals surface area contributed by atoms with Crippen LogP contribution in [0.5, 0.6) is 5.75 Å². The Bertz CT molecular complexity index is 487. The van der Waals surface area contributed by atoms with Crippen molar-refractivity contribution in [3.63, 3.8) is 0 Å². The van der Waals surface area contributed by atoms with Gasteiger partial charge in [-0.05, 0) is 66.6 Å². The van der Waals surface area contributed by atoms with Crippen molar-refractivity contribution in [2.45, 2.75) is 38.6 Å². The molecule has 0 aliphatic carbocycles. The van der Waals surface area contributed by atoms with Crippen molar-refractivity contribution in [1.29, 1.82) is 0 Å². The van der Waals surface area contributed by atoms with Crippen molar-refractivity contribution >= 4 is 28.5 Å². The molecule has 1 amide bonds. The summed E-state index contributed by atoms with van der Waals surface area (Å²) in [4.78, 5) is 14.6. The van der Waals surface area contributed by atoms with E-state index < -0.39 is 0 Å². The highest BCUT2D eigenvalue weighted by Crippen LogP contribution is 2.22. The van der Waals surface area contributed by atoms with Gasteiger partial charge < -0.3 is 15.3 Å². The number of halogens is 1. The molecule has 116 valence electrons. The van der Waals surface area contributed by atoms with Crippen molar-refractivity contribution in [2.24, 2.45) is 0 Å². The molecule has 0 bridgehead atoms. The Morgan fingerprint density at radius 1 is 1.52 bits per heavy atom. The number of carbonyl (C=O) groups is 1. The average molecular weight is 402 g/mol. The van der Waals surface area contributed by atoms with Crippen LogP contribution in [-0.4, -0.2) is 41.6 Å². The smallest absolute Gasteiger partial charge is 0.254 e. The largest absolute Gasteiger partial charge is 0.507 e. The van der Waals surface area contributed by atoms with Gasteiger partial charge in [0.15, 0.2) is 0 Å². The highest BCUT2D eigenvalue weighted by atomic mass is 127. The maximum atomic E-state index is 12.7. The number of unbranched alkanes of at least 4 members (excludes halogenated alkanes) is 1. The summed E-state index contributed by atoms with van der Waals surface area (Å²) in [6.45, 7) is 4.71. The predicted octanol–water partition coefficient (Wildman–Crippen LogP) is 2.99. The molecule has 1 atom stereocenters. The van der Waals surface area contributed by atoms with E-state index in [1.54, 1.807) is 18.2 Å². The van der Waals surface area contributed by atoms with Gasteiger partial charge in [0, 0.05) is 24.7 Å². The van der Waals surface area contributed by atoms with Gasteiger partial charge in [-0.3, -0.25) is 4.79 Å². The van der Waals surface area contributed by atoms with E-state index in [2.05, 4.69) is 34.8 Å². The quantitative estimate of drug-likeness (QED) is 0.720. The minimum absolute atomic E-state index is 0.0175. The van der Waals surface area contributed by atoms with Crippen LogP contribution < -0.4 is 5.32 Å². The number of benzene rings is 1. The number of carbonyl (C=O) groups excluding carboxylic acids is 1. The molecule has 1 aromatic rings. The van der Waals surface area contributed by atoms with Crippen LogP contribution >= 0.6 is 22.6 Å². The molecule has 1 fully saturated rings. The molecule has 1 saturated heterocycles. The number of aromatic hydroxyl groups is 1. The molecular weight excluding hydrogens is 379 g/mol. The maximum Gasteiger partial charge on any atom is 0.254 e. The van der Waals surface area contributed by atoms with Crippen molar-refractivity contribution in [3.8, 4) is 5.75 Å². The first kappa shape index (κ1) is 16.5. The third kappa shape index (κ3) is 4.57. The van der Waals surface area contributed by atoms with E-state index in [1.807, 2.05) is 4.90 Å². The predicted molar refractivity (Wildman–Crippen MR) is 92.7 cm³/mol. The second-order valence-corrected chi connectivity index (χ2v) is 6.73. The van der Waals surface area contributed by atoms with E-state index in [9.17, 15) is 9.90 Å². The molecular formula is C16H23IN2O2. The summed E-state index contributed by atoms with van der Waals surface area (Å²) in [5, 5.41) is 13.2. The number of hydrogen-bond donors (Lipinski definition) is 2. The zero-order valence-corrected chi connectivity index (χ0v) is 14.6. The van der Waals surface area contributed by atoms with Gasteiger partial charge in [0.2, 0.25) is 0 Å². The van der Waals surface area contributed by atoms with E-state index in [1.165, 1.54) is 6.42 Å². The summed E-state index contributed by atoms with van der Waals surface area (Å²) in [5.41, 5.74) is 0.571. The molecule has 0 spiro atoms. The Morgan fingerprint density at radius 2 is 2.33 bits per heavy atom.